The zero-order valence-electron chi connectivity index (χ0n) is 5.77. The van der Waals surface area contributed by atoms with Crippen LogP contribution < -0.4 is 5.73 Å². The summed E-state index contributed by atoms with van der Waals surface area (Å²) in [7, 11) is 0. The first-order valence-electron chi connectivity index (χ1n) is 3.01. The summed E-state index contributed by atoms with van der Waals surface area (Å²) in [5.74, 6) is 0. The van der Waals surface area contributed by atoms with Gasteiger partial charge in [0.2, 0.25) is 0 Å². The number of rotatable bonds is 1. The van der Waals surface area contributed by atoms with Gasteiger partial charge in [0.1, 0.15) is 0 Å². The van der Waals surface area contributed by atoms with Crippen molar-refractivity contribution in [3.8, 4) is 0 Å². The topological polar surface area (TPSA) is 26.0 Å². The average molecular weight is 188 g/mol. The monoisotopic (exact) mass is 187 g/mol. The fourth-order valence-electron chi connectivity index (χ4n) is 0.696. The number of hydrogen-bond donors (Lipinski definition) is 1. The largest absolute Gasteiger partial charge is 0.399 e. The van der Waals surface area contributed by atoms with Gasteiger partial charge < -0.3 is 5.73 Å². The van der Waals surface area contributed by atoms with Gasteiger partial charge in [0, 0.05) is 5.70 Å². The maximum absolute atomic E-state index is 5.73. The summed E-state index contributed by atoms with van der Waals surface area (Å²) < 4.78 is 0. The molecule has 1 aromatic rings. The third-order valence-electron chi connectivity index (χ3n) is 1.29. The minimum absolute atomic E-state index is 0.489. The lowest BCUT2D eigenvalue weighted by Gasteiger charge is -2.00. The van der Waals surface area contributed by atoms with Crippen LogP contribution in [0.15, 0.2) is 24.8 Å². The van der Waals surface area contributed by atoms with Gasteiger partial charge in [0.05, 0.1) is 10.0 Å². The van der Waals surface area contributed by atoms with Crippen molar-refractivity contribution in [1.82, 2.24) is 0 Å². The molecule has 0 heterocycles. The second-order valence-electron chi connectivity index (χ2n) is 2.15. The molecule has 0 fully saturated rings. The Morgan fingerprint density at radius 3 is 2.36 bits per heavy atom. The van der Waals surface area contributed by atoms with E-state index in [0.29, 0.717) is 15.7 Å². The summed E-state index contributed by atoms with van der Waals surface area (Å²) in [6, 6.07) is 5.15. The van der Waals surface area contributed by atoms with Crippen molar-refractivity contribution >= 4 is 28.9 Å². The first kappa shape index (κ1) is 8.44. The van der Waals surface area contributed by atoms with Gasteiger partial charge in [-0.1, -0.05) is 35.8 Å². The molecule has 0 bridgehead atoms. The third kappa shape index (κ3) is 1.88. The summed E-state index contributed by atoms with van der Waals surface area (Å²) >= 11 is 11.4. The zero-order valence-corrected chi connectivity index (χ0v) is 7.28. The molecule has 2 N–H and O–H groups in total. The van der Waals surface area contributed by atoms with Crippen LogP contribution in [0.5, 0.6) is 0 Å². The summed E-state index contributed by atoms with van der Waals surface area (Å²) in [5.41, 5.74) is 6.73. The number of nitrogens with two attached hydrogens (primary N) is 1. The van der Waals surface area contributed by atoms with E-state index in [4.69, 9.17) is 28.9 Å². The van der Waals surface area contributed by atoms with Crippen LogP contribution in [0.25, 0.3) is 5.70 Å². The van der Waals surface area contributed by atoms with Crippen molar-refractivity contribution < 1.29 is 0 Å². The van der Waals surface area contributed by atoms with Crippen molar-refractivity contribution in [3.63, 3.8) is 0 Å². The first-order chi connectivity index (χ1) is 5.11. The van der Waals surface area contributed by atoms with E-state index in [-0.39, 0.29) is 0 Å². The van der Waals surface area contributed by atoms with E-state index in [9.17, 15) is 0 Å². The van der Waals surface area contributed by atoms with Gasteiger partial charge in [-0.05, 0) is 17.7 Å². The Bertz CT molecular complexity index is 294. The number of hydrogen-bond acceptors (Lipinski definition) is 1. The molecule has 0 saturated heterocycles. The van der Waals surface area contributed by atoms with E-state index in [1.165, 1.54) is 0 Å². The Kier molecular flexibility index (Phi) is 2.42. The molecule has 11 heavy (non-hydrogen) atoms. The molecule has 0 unspecified atom stereocenters. The Labute approximate surface area is 75.4 Å². The molecular formula is C8H7Cl2N. The molecular weight excluding hydrogens is 181 g/mol. The minimum atomic E-state index is 0.489. The predicted molar refractivity (Wildman–Crippen MR) is 49.7 cm³/mol. The summed E-state index contributed by atoms with van der Waals surface area (Å²) in [4.78, 5) is 0. The molecule has 0 aliphatic carbocycles. The Morgan fingerprint density at radius 2 is 1.91 bits per heavy atom. The quantitative estimate of drug-likeness (QED) is 0.720. The number of benzene rings is 1. The highest BCUT2D eigenvalue weighted by atomic mass is 35.5. The Balaban J connectivity index is 3.15. The maximum atomic E-state index is 5.73. The first-order valence-corrected chi connectivity index (χ1v) is 3.76. The zero-order chi connectivity index (χ0) is 8.43. The SMILES string of the molecule is C=C(N)c1ccc(Cl)c(Cl)c1. The van der Waals surface area contributed by atoms with Gasteiger partial charge in [-0.2, -0.15) is 0 Å². The van der Waals surface area contributed by atoms with E-state index in [0.717, 1.165) is 5.56 Å². The molecule has 0 amide bonds. The van der Waals surface area contributed by atoms with Crippen LogP contribution in [0, 0.1) is 0 Å². The van der Waals surface area contributed by atoms with Gasteiger partial charge in [0.15, 0.2) is 0 Å². The van der Waals surface area contributed by atoms with E-state index in [2.05, 4.69) is 6.58 Å². The Morgan fingerprint density at radius 1 is 1.27 bits per heavy atom. The van der Waals surface area contributed by atoms with Crippen molar-refractivity contribution in [1.29, 1.82) is 0 Å². The highest BCUT2D eigenvalue weighted by Crippen LogP contribution is 2.23. The van der Waals surface area contributed by atoms with Crippen molar-refractivity contribution in [2.45, 2.75) is 0 Å². The fourth-order valence-corrected chi connectivity index (χ4v) is 0.994. The molecule has 1 aromatic carbocycles. The second kappa shape index (κ2) is 3.16. The molecule has 1 rings (SSSR count). The summed E-state index contributed by atoms with van der Waals surface area (Å²) in [6.07, 6.45) is 0. The third-order valence-corrected chi connectivity index (χ3v) is 2.03. The molecule has 3 heteroatoms. The second-order valence-corrected chi connectivity index (χ2v) is 2.97. The molecule has 0 aromatic heterocycles. The van der Waals surface area contributed by atoms with Crippen LogP contribution in [-0.2, 0) is 0 Å². The molecule has 1 nitrogen and oxygen atoms in total. The molecule has 0 aliphatic rings. The minimum Gasteiger partial charge on any atom is -0.399 e. The molecule has 0 radical (unpaired) electrons. The van der Waals surface area contributed by atoms with Crippen LogP contribution in [-0.4, -0.2) is 0 Å². The van der Waals surface area contributed by atoms with Crippen LogP contribution in [0.4, 0.5) is 0 Å². The molecule has 58 valence electrons. The van der Waals surface area contributed by atoms with Gasteiger partial charge in [-0.3, -0.25) is 0 Å². The average Bonchev–Trinajstić information content (AvgIpc) is 1.94. The van der Waals surface area contributed by atoms with Crippen LogP contribution in [0.1, 0.15) is 5.56 Å². The molecule has 0 atom stereocenters. The van der Waals surface area contributed by atoms with E-state index in [1.54, 1.807) is 18.2 Å². The molecule has 0 spiro atoms. The predicted octanol–water partition coefficient (Wildman–Crippen LogP) is 2.92. The summed E-state index contributed by atoms with van der Waals surface area (Å²) in [6.45, 7) is 3.57. The smallest absolute Gasteiger partial charge is 0.0599 e. The lowest BCUT2D eigenvalue weighted by Crippen LogP contribution is -1.92. The summed E-state index contributed by atoms with van der Waals surface area (Å²) in [5, 5.41) is 1.02. The maximum Gasteiger partial charge on any atom is 0.0599 e. The molecule has 0 aliphatic heterocycles. The van der Waals surface area contributed by atoms with Gasteiger partial charge in [-0.25, -0.2) is 0 Å². The van der Waals surface area contributed by atoms with E-state index >= 15 is 0 Å². The highest BCUT2D eigenvalue weighted by molar-refractivity contribution is 6.42. The highest BCUT2D eigenvalue weighted by Gasteiger charge is 1.98. The van der Waals surface area contributed by atoms with Crippen LogP contribution in [0.3, 0.4) is 0 Å². The Hall–Kier alpha value is -0.660. The lowest BCUT2D eigenvalue weighted by molar-refractivity contribution is 1.53. The van der Waals surface area contributed by atoms with Crippen molar-refractivity contribution in [2.75, 3.05) is 0 Å². The molecule has 0 saturated carbocycles. The van der Waals surface area contributed by atoms with E-state index in [1.807, 2.05) is 0 Å². The van der Waals surface area contributed by atoms with Crippen molar-refractivity contribution in [2.24, 2.45) is 5.73 Å². The normalized spacial score (nSPS) is 9.64. The van der Waals surface area contributed by atoms with Gasteiger partial charge in [-0.15, -0.1) is 0 Å². The van der Waals surface area contributed by atoms with Crippen LogP contribution >= 0.6 is 23.2 Å². The van der Waals surface area contributed by atoms with E-state index < -0.39 is 0 Å². The van der Waals surface area contributed by atoms with Gasteiger partial charge >= 0.3 is 0 Å². The standard InChI is InChI=1S/C8H7Cl2N/c1-5(11)6-2-3-7(9)8(10)4-6/h2-4H,1,11H2. The van der Waals surface area contributed by atoms with Crippen LogP contribution in [0.2, 0.25) is 10.0 Å². The lowest BCUT2D eigenvalue weighted by atomic mass is 10.2. The fraction of sp³-hybridized carbons (Fsp3) is 0. The number of halogens is 2. The van der Waals surface area contributed by atoms with Gasteiger partial charge in [0.25, 0.3) is 0 Å². The van der Waals surface area contributed by atoms with Crippen molar-refractivity contribution in [3.05, 3.63) is 40.4 Å².